The molecule has 0 aromatic rings. The fraction of sp³-hybridized carbons (Fsp3) is 0.714. The number of aliphatic carboxylic acids is 1. The highest BCUT2D eigenvalue weighted by Gasteiger charge is 2.19. The first-order chi connectivity index (χ1) is 5.95. The highest BCUT2D eigenvalue weighted by molar-refractivity contribution is 7.80. The first-order valence-corrected chi connectivity index (χ1v) is 4.37. The van der Waals surface area contributed by atoms with Crippen LogP contribution in [-0.2, 0) is 4.79 Å². The number of hydrogen-bond acceptors (Lipinski definition) is 3. The normalized spacial score (nSPS) is 14.6. The minimum absolute atomic E-state index is 0.0978. The van der Waals surface area contributed by atoms with Gasteiger partial charge in [0.25, 0.3) is 0 Å². The number of hydrogen-bond donors (Lipinski definition) is 4. The molecule has 5 nitrogen and oxygen atoms in total. The van der Waals surface area contributed by atoms with Crippen LogP contribution in [0.1, 0.15) is 13.3 Å². The highest BCUT2D eigenvalue weighted by Crippen LogP contribution is 2.04. The van der Waals surface area contributed by atoms with Gasteiger partial charge in [-0.05, 0) is 24.6 Å². The van der Waals surface area contributed by atoms with E-state index < -0.39 is 12.0 Å². The lowest BCUT2D eigenvalue weighted by Crippen LogP contribution is -2.39. The molecular formula is C7H15N3O2S. The molecule has 0 aromatic heterocycles. The second-order valence-electron chi connectivity index (χ2n) is 2.92. The Hall–Kier alpha value is -0.880. The number of carboxylic acids is 1. The van der Waals surface area contributed by atoms with Crippen molar-refractivity contribution in [2.75, 3.05) is 6.54 Å². The minimum atomic E-state index is -0.983. The molecule has 0 aliphatic carbocycles. The van der Waals surface area contributed by atoms with Gasteiger partial charge < -0.3 is 21.9 Å². The van der Waals surface area contributed by atoms with Crippen LogP contribution in [0, 0.1) is 5.92 Å². The molecule has 0 bridgehead atoms. The van der Waals surface area contributed by atoms with E-state index in [1.807, 2.05) is 0 Å². The standard InChI is InChI=1S/C7H15N3O2S/c1-4(5(8)6(11)12)2-3-10-7(9)13/h4-5H,2-3,8H2,1H3,(H,11,12)(H3,9,10,13). The number of thiocarbonyl (C=S) groups is 1. The van der Waals surface area contributed by atoms with E-state index in [0.717, 1.165) is 0 Å². The predicted octanol–water partition coefficient (Wildman–Crippen LogP) is -0.742. The van der Waals surface area contributed by atoms with Gasteiger partial charge in [-0.3, -0.25) is 4.79 Å². The van der Waals surface area contributed by atoms with Crippen LogP contribution in [0.3, 0.4) is 0 Å². The van der Waals surface area contributed by atoms with Gasteiger partial charge in [0.15, 0.2) is 5.11 Å². The monoisotopic (exact) mass is 205 g/mol. The fourth-order valence-corrected chi connectivity index (χ4v) is 0.948. The van der Waals surface area contributed by atoms with Crippen molar-refractivity contribution < 1.29 is 9.90 Å². The Balaban J connectivity index is 3.67. The van der Waals surface area contributed by atoms with Crippen LogP contribution in [0.15, 0.2) is 0 Å². The molecule has 6 N–H and O–H groups in total. The van der Waals surface area contributed by atoms with Gasteiger partial charge in [0.2, 0.25) is 0 Å². The third-order valence-electron chi connectivity index (χ3n) is 1.80. The predicted molar refractivity (Wildman–Crippen MR) is 54.2 cm³/mol. The summed E-state index contributed by atoms with van der Waals surface area (Å²) >= 11 is 4.58. The molecule has 2 atom stereocenters. The van der Waals surface area contributed by atoms with Crippen molar-refractivity contribution in [3.63, 3.8) is 0 Å². The van der Waals surface area contributed by atoms with Gasteiger partial charge in [-0.25, -0.2) is 0 Å². The Morgan fingerprint density at radius 2 is 2.23 bits per heavy atom. The van der Waals surface area contributed by atoms with E-state index in [1.165, 1.54) is 0 Å². The summed E-state index contributed by atoms with van der Waals surface area (Å²) in [5.41, 5.74) is 10.6. The number of rotatable bonds is 5. The Morgan fingerprint density at radius 3 is 2.62 bits per heavy atom. The molecule has 0 aliphatic heterocycles. The van der Waals surface area contributed by atoms with E-state index in [9.17, 15) is 4.79 Å². The largest absolute Gasteiger partial charge is 0.480 e. The van der Waals surface area contributed by atoms with E-state index in [0.29, 0.717) is 13.0 Å². The smallest absolute Gasteiger partial charge is 0.320 e. The van der Waals surface area contributed by atoms with E-state index in [2.05, 4.69) is 17.5 Å². The van der Waals surface area contributed by atoms with Crippen LogP contribution in [0.25, 0.3) is 0 Å². The van der Waals surface area contributed by atoms with Gasteiger partial charge in [-0.2, -0.15) is 0 Å². The Labute approximate surface area is 82.5 Å². The van der Waals surface area contributed by atoms with Gasteiger partial charge in [-0.1, -0.05) is 6.92 Å². The zero-order chi connectivity index (χ0) is 10.4. The molecule has 0 radical (unpaired) electrons. The number of carboxylic acid groups (broad SMARTS) is 1. The molecule has 0 saturated carbocycles. The van der Waals surface area contributed by atoms with Crippen LogP contribution >= 0.6 is 12.2 Å². The van der Waals surface area contributed by atoms with E-state index in [4.69, 9.17) is 16.6 Å². The maximum Gasteiger partial charge on any atom is 0.320 e. The molecule has 13 heavy (non-hydrogen) atoms. The molecule has 0 spiro atoms. The van der Waals surface area contributed by atoms with E-state index in [-0.39, 0.29) is 11.0 Å². The average molecular weight is 205 g/mol. The maximum atomic E-state index is 10.4. The van der Waals surface area contributed by atoms with Gasteiger partial charge in [-0.15, -0.1) is 0 Å². The van der Waals surface area contributed by atoms with Crippen molar-refractivity contribution in [1.29, 1.82) is 0 Å². The Bertz CT molecular complexity index is 198. The van der Waals surface area contributed by atoms with Crippen molar-refractivity contribution in [3.8, 4) is 0 Å². The molecule has 0 heterocycles. The van der Waals surface area contributed by atoms with Gasteiger partial charge in [0, 0.05) is 6.54 Å². The quantitative estimate of drug-likeness (QED) is 0.441. The average Bonchev–Trinajstić information content (AvgIpc) is 2.02. The zero-order valence-corrected chi connectivity index (χ0v) is 8.30. The third-order valence-corrected chi connectivity index (χ3v) is 1.94. The summed E-state index contributed by atoms with van der Waals surface area (Å²) in [5.74, 6) is -1.08. The SMILES string of the molecule is CC(CCNC(N)=S)C(N)C(=O)O. The topological polar surface area (TPSA) is 101 Å². The molecule has 0 fully saturated rings. The molecule has 6 heteroatoms. The summed E-state index contributed by atoms with van der Waals surface area (Å²) in [6, 6.07) is -0.826. The Kier molecular flexibility index (Phi) is 5.33. The van der Waals surface area contributed by atoms with E-state index in [1.54, 1.807) is 6.92 Å². The summed E-state index contributed by atoms with van der Waals surface area (Å²) in [5, 5.41) is 11.5. The number of nitrogens with two attached hydrogens (primary N) is 2. The maximum absolute atomic E-state index is 10.4. The lowest BCUT2D eigenvalue weighted by molar-refractivity contribution is -0.139. The summed E-state index contributed by atoms with van der Waals surface area (Å²) in [6.45, 7) is 2.33. The van der Waals surface area contributed by atoms with Crippen molar-refractivity contribution in [2.24, 2.45) is 17.4 Å². The second-order valence-corrected chi connectivity index (χ2v) is 3.36. The minimum Gasteiger partial charge on any atom is -0.480 e. The van der Waals surface area contributed by atoms with Crippen molar-refractivity contribution >= 4 is 23.3 Å². The summed E-state index contributed by atoms with van der Waals surface area (Å²) in [4.78, 5) is 10.4. The second kappa shape index (κ2) is 5.71. The fourth-order valence-electron chi connectivity index (χ4n) is 0.846. The van der Waals surface area contributed by atoms with Crippen LogP contribution in [0.5, 0.6) is 0 Å². The van der Waals surface area contributed by atoms with Crippen LogP contribution in [0.2, 0.25) is 0 Å². The van der Waals surface area contributed by atoms with Gasteiger partial charge >= 0.3 is 5.97 Å². The van der Waals surface area contributed by atoms with Gasteiger partial charge in [0.05, 0.1) is 0 Å². The molecular weight excluding hydrogens is 190 g/mol. The summed E-state index contributed by atoms with van der Waals surface area (Å²) < 4.78 is 0. The zero-order valence-electron chi connectivity index (χ0n) is 7.49. The molecule has 0 saturated heterocycles. The lowest BCUT2D eigenvalue weighted by atomic mass is 9.99. The molecule has 0 aromatic carbocycles. The molecule has 76 valence electrons. The van der Waals surface area contributed by atoms with Crippen LogP contribution in [0.4, 0.5) is 0 Å². The number of carbonyl (C=O) groups is 1. The number of nitrogens with one attached hydrogen (secondary N) is 1. The molecule has 0 aliphatic rings. The van der Waals surface area contributed by atoms with E-state index >= 15 is 0 Å². The highest BCUT2D eigenvalue weighted by atomic mass is 32.1. The molecule has 2 unspecified atom stereocenters. The first-order valence-electron chi connectivity index (χ1n) is 3.97. The third kappa shape index (κ3) is 5.37. The van der Waals surface area contributed by atoms with Gasteiger partial charge in [0.1, 0.15) is 6.04 Å². The summed E-state index contributed by atoms with van der Waals surface area (Å²) in [7, 11) is 0. The molecule has 0 rings (SSSR count). The van der Waals surface area contributed by atoms with Crippen LogP contribution < -0.4 is 16.8 Å². The Morgan fingerprint density at radius 1 is 1.69 bits per heavy atom. The lowest BCUT2D eigenvalue weighted by Gasteiger charge is -2.15. The summed E-state index contributed by atoms with van der Waals surface area (Å²) in [6.07, 6.45) is 0.630. The van der Waals surface area contributed by atoms with Crippen molar-refractivity contribution in [3.05, 3.63) is 0 Å². The van der Waals surface area contributed by atoms with Crippen molar-refractivity contribution in [2.45, 2.75) is 19.4 Å². The first kappa shape index (κ1) is 12.1. The van der Waals surface area contributed by atoms with Crippen LogP contribution in [-0.4, -0.2) is 28.8 Å². The van der Waals surface area contributed by atoms with Crippen molar-refractivity contribution in [1.82, 2.24) is 5.32 Å². The molecule has 0 amide bonds.